The molecule has 0 radical (unpaired) electrons. The lowest BCUT2D eigenvalue weighted by molar-refractivity contribution is -0.348. The van der Waals surface area contributed by atoms with Crippen molar-refractivity contribution in [1.82, 2.24) is 4.48 Å². The third-order valence-electron chi connectivity index (χ3n) is 6.39. The highest BCUT2D eigenvalue weighted by atomic mass is 79.9. The molecule has 4 rings (SSSR count). The molecule has 2 aromatic rings. The first-order valence-corrected chi connectivity index (χ1v) is 12.9. The number of ether oxygens (including phenoxy) is 1. The smallest absolute Gasteiger partial charge is 0.456 e. The molecule has 3 heterocycles. The third kappa shape index (κ3) is 4.33. The van der Waals surface area contributed by atoms with Gasteiger partial charge in [0.05, 0.1) is 26.9 Å². The molecule has 0 aliphatic carbocycles. The number of rotatable bonds is 2. The van der Waals surface area contributed by atoms with Crippen LogP contribution in [0.1, 0.15) is 67.5 Å². The first kappa shape index (κ1) is 27.8. The Morgan fingerprint density at radius 3 is 2.05 bits per heavy atom. The molecule has 0 atom stereocenters. The molecule has 196 valence electrons. The van der Waals surface area contributed by atoms with Gasteiger partial charge in [-0.25, -0.2) is 13.6 Å². The zero-order valence-corrected chi connectivity index (χ0v) is 24.3. The van der Waals surface area contributed by atoms with Crippen LogP contribution in [0.25, 0.3) is 5.57 Å². The van der Waals surface area contributed by atoms with Gasteiger partial charge >= 0.3 is 19.0 Å². The van der Waals surface area contributed by atoms with E-state index in [1.165, 1.54) is 13.8 Å². The Hall–Kier alpha value is -2.21. The van der Waals surface area contributed by atoms with E-state index >= 15 is 8.78 Å². The lowest BCUT2D eigenvalue weighted by atomic mass is 9.69. The van der Waals surface area contributed by atoms with Crippen LogP contribution in [0.4, 0.5) is 22.0 Å². The van der Waals surface area contributed by atoms with Crippen molar-refractivity contribution < 1.29 is 36.0 Å². The molecule has 4 nitrogen and oxygen atoms in total. The zero-order valence-electron chi connectivity index (χ0n) is 21.1. The van der Waals surface area contributed by atoms with Gasteiger partial charge in [-0.15, -0.1) is 0 Å². The molecule has 2 aliphatic rings. The lowest BCUT2D eigenvalue weighted by Gasteiger charge is -2.27. The fraction of sp³-hybridized carbons (Fsp3) is 0.360. The van der Waals surface area contributed by atoms with Crippen molar-refractivity contribution in [2.45, 2.75) is 60.1 Å². The maximum atomic E-state index is 15.8. The van der Waals surface area contributed by atoms with Crippen LogP contribution in [0.3, 0.4) is 0 Å². The van der Waals surface area contributed by atoms with Crippen LogP contribution < -0.4 is 0 Å². The van der Waals surface area contributed by atoms with E-state index < -0.39 is 41.8 Å². The Morgan fingerprint density at radius 1 is 1.03 bits per heavy atom. The maximum absolute atomic E-state index is 15.8. The first-order valence-electron chi connectivity index (χ1n) is 11.3. The van der Waals surface area contributed by atoms with E-state index in [0.29, 0.717) is 20.1 Å². The molecule has 2 aliphatic heterocycles. The molecule has 0 N–H and O–H groups in total. The highest BCUT2D eigenvalue weighted by Gasteiger charge is 2.67. The average Bonchev–Trinajstić information content (AvgIpc) is 3.11. The number of hydrogen-bond acceptors (Lipinski definition) is 2. The largest absolute Gasteiger partial charge is 0.732 e. The number of nitrogens with zero attached hydrogens (tertiary/aromatic N) is 2. The summed E-state index contributed by atoms with van der Waals surface area (Å²) in [7, 11) is 0. The maximum Gasteiger partial charge on any atom is 0.732 e. The van der Waals surface area contributed by atoms with Gasteiger partial charge in [-0.3, -0.25) is 4.49 Å². The van der Waals surface area contributed by atoms with Gasteiger partial charge in [-0.1, -0.05) is 0 Å². The van der Waals surface area contributed by atoms with E-state index in [1.54, 1.807) is 34.6 Å². The van der Waals surface area contributed by atoms with E-state index in [0.717, 1.165) is 21.1 Å². The molecule has 37 heavy (non-hydrogen) atoms. The second-order valence-corrected chi connectivity index (χ2v) is 11.7. The van der Waals surface area contributed by atoms with Crippen molar-refractivity contribution in [2.75, 3.05) is 0 Å². The predicted octanol–water partition coefficient (Wildman–Crippen LogP) is 7.47. The molecule has 1 aromatic carbocycles. The Bertz CT molecular complexity index is 1460. The number of aromatic nitrogens is 1. The highest BCUT2D eigenvalue weighted by molar-refractivity contribution is 9.12. The molecular formula is C25H23BBr2F5N2O2+. The molecule has 1 aromatic heterocycles. The Labute approximate surface area is 228 Å². The summed E-state index contributed by atoms with van der Waals surface area (Å²) >= 11 is 6.73. The molecular weight excluding hydrogens is 626 g/mol. The van der Waals surface area contributed by atoms with Gasteiger partial charge < -0.3 is 9.21 Å². The monoisotopic (exact) mass is 647 g/mol. The van der Waals surface area contributed by atoms with Crippen LogP contribution in [-0.2, 0) is 4.74 Å². The summed E-state index contributed by atoms with van der Waals surface area (Å²) in [6, 6.07) is 1.70. The van der Waals surface area contributed by atoms with Crippen LogP contribution in [0, 0.1) is 25.5 Å². The summed E-state index contributed by atoms with van der Waals surface area (Å²) in [6.45, 7) is 8.94. The van der Waals surface area contributed by atoms with Gasteiger partial charge in [0.25, 0.3) is 0 Å². The minimum atomic E-state index is -4.72. The Kier molecular flexibility index (Phi) is 6.71. The fourth-order valence-corrected chi connectivity index (χ4v) is 5.67. The third-order valence-corrected chi connectivity index (χ3v) is 8.73. The van der Waals surface area contributed by atoms with Crippen molar-refractivity contribution in [3.8, 4) is 0 Å². The fourth-order valence-electron chi connectivity index (χ4n) is 4.91. The van der Waals surface area contributed by atoms with E-state index in [2.05, 4.69) is 31.9 Å². The number of esters is 1. The van der Waals surface area contributed by atoms with E-state index in [9.17, 15) is 18.0 Å². The topological polar surface area (TPSA) is 34.2 Å². The summed E-state index contributed by atoms with van der Waals surface area (Å²) in [5.74, 6) is -3.11. The first-order chi connectivity index (χ1) is 16.9. The van der Waals surface area contributed by atoms with E-state index in [-0.39, 0.29) is 33.9 Å². The number of alkyl halides is 3. The van der Waals surface area contributed by atoms with Crippen LogP contribution in [-0.4, -0.2) is 39.3 Å². The lowest BCUT2D eigenvalue weighted by Crippen LogP contribution is -2.54. The quantitative estimate of drug-likeness (QED) is 0.192. The number of benzene rings is 1. The van der Waals surface area contributed by atoms with Crippen molar-refractivity contribution in [3.63, 3.8) is 0 Å². The molecule has 0 fully saturated rings. The number of hydrogen-bond donors (Lipinski definition) is 0. The summed E-state index contributed by atoms with van der Waals surface area (Å²) in [5.41, 5.74) is -0.415. The highest BCUT2D eigenvalue weighted by Crippen LogP contribution is 2.48. The minimum Gasteiger partial charge on any atom is -0.456 e. The van der Waals surface area contributed by atoms with Crippen LogP contribution in [0.5, 0.6) is 0 Å². The summed E-state index contributed by atoms with van der Waals surface area (Å²) in [5, 5.41) is 0. The number of allylic oxidation sites excluding steroid dienone is 2. The Morgan fingerprint density at radius 2 is 1.57 bits per heavy atom. The normalized spacial score (nSPS) is 16.1. The summed E-state index contributed by atoms with van der Waals surface area (Å²) in [4.78, 5) is 12.5. The van der Waals surface area contributed by atoms with Crippen molar-refractivity contribution in [1.29, 1.82) is 0 Å². The van der Waals surface area contributed by atoms with Gasteiger partial charge in [0.15, 0.2) is 11.4 Å². The summed E-state index contributed by atoms with van der Waals surface area (Å²) < 4.78 is 83.5. The second-order valence-electron chi connectivity index (χ2n) is 10.1. The Balaban J connectivity index is 2.11. The molecule has 0 saturated carbocycles. The molecule has 0 amide bonds. The molecule has 12 heteroatoms. The zero-order chi connectivity index (χ0) is 27.9. The number of halogens is 7. The molecule has 0 bridgehead atoms. The van der Waals surface area contributed by atoms with Gasteiger partial charge in [0, 0.05) is 22.7 Å². The minimum absolute atomic E-state index is 0.0371. The van der Waals surface area contributed by atoms with Crippen LogP contribution >= 0.6 is 31.9 Å². The standard InChI is InChI=1S/C25H23BBr2F5N2O2/c1-10-19(27)12(3)34-21(10)18(22-11(2)20(28)13(4)35(22)26(34)25(31,32)33)17-15(29)8-14(9-16(17)30)23(36)37-24(5,6)7/h8-9H,1-7H3/q+1. The average molecular weight is 649 g/mol. The molecule has 0 unspecified atom stereocenters. The number of carbonyl (C=O) groups excluding carboxylic acids is 1. The second kappa shape index (κ2) is 8.93. The summed E-state index contributed by atoms with van der Waals surface area (Å²) in [6.07, 6.45) is -4.72. The molecule has 0 spiro atoms. The van der Waals surface area contributed by atoms with Crippen molar-refractivity contribution in [3.05, 3.63) is 72.1 Å². The van der Waals surface area contributed by atoms with E-state index in [4.69, 9.17) is 4.74 Å². The van der Waals surface area contributed by atoms with Gasteiger partial charge in [-0.2, -0.15) is 13.2 Å². The van der Waals surface area contributed by atoms with Crippen LogP contribution in [0.2, 0.25) is 0 Å². The van der Waals surface area contributed by atoms with Crippen molar-refractivity contribution in [2.24, 2.45) is 0 Å². The van der Waals surface area contributed by atoms with Gasteiger partial charge in [0.2, 0.25) is 0 Å². The SMILES string of the molecule is CC1=C(Br)C(C)=[N+]2B(C(F)(F)F)n3c(C)c(Br)c(C)c3C(c3c(F)cc(C(=O)OC(C)(C)C)cc3F)=C12. The number of fused-ring (bicyclic) bond motifs is 2. The van der Waals surface area contributed by atoms with Crippen molar-refractivity contribution >= 4 is 56.1 Å². The van der Waals surface area contributed by atoms with Crippen LogP contribution in [0.15, 0.2) is 32.4 Å². The molecule has 0 saturated heterocycles. The number of carbonyl (C=O) groups is 1. The van der Waals surface area contributed by atoms with E-state index in [1.807, 2.05) is 0 Å². The predicted molar refractivity (Wildman–Crippen MR) is 139 cm³/mol. The van der Waals surface area contributed by atoms with Gasteiger partial charge in [0.1, 0.15) is 17.2 Å². The van der Waals surface area contributed by atoms with Gasteiger partial charge in [-0.05, 0) is 91.1 Å².